The maximum atomic E-state index is 10.2. The minimum Gasteiger partial charge on any atom is -0.393 e. The molecule has 0 aromatic rings. The summed E-state index contributed by atoms with van der Waals surface area (Å²) in [6.07, 6.45) is 14.1. The highest BCUT2D eigenvalue weighted by atomic mass is 16.3. The molecule has 0 aromatic heterocycles. The second-order valence-electron chi connectivity index (χ2n) is 12.0. The second-order valence-corrected chi connectivity index (χ2v) is 12.0. The summed E-state index contributed by atoms with van der Waals surface area (Å²) in [7, 11) is 0. The van der Waals surface area contributed by atoms with E-state index in [2.05, 4.69) is 13.8 Å². The monoisotopic (exact) mass is 376 g/mol. The minimum absolute atomic E-state index is 0.0101. The molecule has 0 bridgehead atoms. The van der Waals surface area contributed by atoms with E-state index in [-0.39, 0.29) is 6.10 Å². The lowest BCUT2D eigenvalue weighted by Gasteiger charge is -2.56. The van der Waals surface area contributed by atoms with E-state index in [0.717, 1.165) is 60.7 Å². The van der Waals surface area contributed by atoms with Gasteiger partial charge in [-0.05, 0) is 131 Å². The van der Waals surface area contributed by atoms with Gasteiger partial charge in [0.1, 0.15) is 0 Å². The molecule has 0 spiro atoms. The molecule has 2 N–H and O–H groups in total. The third-order valence-electron chi connectivity index (χ3n) is 9.90. The molecule has 2 nitrogen and oxygen atoms in total. The van der Waals surface area contributed by atoms with Crippen molar-refractivity contribution in [3.05, 3.63) is 0 Å². The predicted octanol–water partition coefficient (Wildman–Crippen LogP) is 5.80. The van der Waals surface area contributed by atoms with Crippen LogP contribution in [-0.4, -0.2) is 21.9 Å². The minimum atomic E-state index is -0.519. The molecular formula is C25H44O2. The van der Waals surface area contributed by atoms with Crippen LogP contribution in [0.3, 0.4) is 0 Å². The van der Waals surface area contributed by atoms with Gasteiger partial charge in [-0.15, -0.1) is 0 Å². The summed E-state index contributed by atoms with van der Waals surface area (Å²) in [5, 5.41) is 20.3. The Morgan fingerprint density at radius 3 is 2.44 bits per heavy atom. The second kappa shape index (κ2) is 7.31. The van der Waals surface area contributed by atoms with Crippen LogP contribution in [0, 0.1) is 46.8 Å². The number of aliphatic hydroxyl groups is 2. The van der Waals surface area contributed by atoms with Gasteiger partial charge in [0.25, 0.3) is 0 Å². The standard InChI is InChI=1S/C25H44O2/c1-16(11-13-24(2,3)27)22-9-10-23-21-7-5-17-15-18(26)6-8-19(17)20(21)12-14-25(22,23)4/h16-23,26-27H,5-15H2,1-4H3. The van der Waals surface area contributed by atoms with Gasteiger partial charge < -0.3 is 10.2 Å². The Morgan fingerprint density at radius 1 is 0.963 bits per heavy atom. The van der Waals surface area contributed by atoms with Crippen LogP contribution in [0.4, 0.5) is 0 Å². The van der Waals surface area contributed by atoms with Crippen LogP contribution in [0.1, 0.15) is 98.3 Å². The lowest BCUT2D eigenvalue weighted by atomic mass is 9.49. The summed E-state index contributed by atoms with van der Waals surface area (Å²) in [6.45, 7) is 9.03. The van der Waals surface area contributed by atoms with Crippen LogP contribution in [0.25, 0.3) is 0 Å². The number of fused-ring (bicyclic) bond motifs is 5. The number of aliphatic hydroxyl groups excluding tert-OH is 1. The van der Waals surface area contributed by atoms with Crippen molar-refractivity contribution in [1.29, 1.82) is 0 Å². The zero-order valence-corrected chi connectivity index (χ0v) is 18.3. The molecule has 9 unspecified atom stereocenters. The smallest absolute Gasteiger partial charge is 0.0591 e. The molecule has 4 aliphatic carbocycles. The fraction of sp³-hybridized carbons (Fsp3) is 1.00. The largest absolute Gasteiger partial charge is 0.393 e. The molecule has 0 aliphatic heterocycles. The summed E-state index contributed by atoms with van der Waals surface area (Å²) in [6, 6.07) is 0. The van der Waals surface area contributed by atoms with Gasteiger partial charge >= 0.3 is 0 Å². The van der Waals surface area contributed by atoms with Crippen LogP contribution in [0.5, 0.6) is 0 Å². The van der Waals surface area contributed by atoms with E-state index in [4.69, 9.17) is 0 Å². The van der Waals surface area contributed by atoms with Gasteiger partial charge in [-0.25, -0.2) is 0 Å². The Kier molecular flexibility index (Phi) is 5.47. The molecular weight excluding hydrogens is 332 g/mol. The van der Waals surface area contributed by atoms with Gasteiger partial charge in [0.05, 0.1) is 11.7 Å². The number of hydrogen-bond acceptors (Lipinski definition) is 2. The van der Waals surface area contributed by atoms with Crippen molar-refractivity contribution in [2.75, 3.05) is 0 Å². The van der Waals surface area contributed by atoms with Crippen molar-refractivity contribution in [1.82, 2.24) is 0 Å². The van der Waals surface area contributed by atoms with E-state index in [9.17, 15) is 10.2 Å². The third-order valence-corrected chi connectivity index (χ3v) is 9.90. The van der Waals surface area contributed by atoms with Crippen LogP contribution in [0.15, 0.2) is 0 Å². The van der Waals surface area contributed by atoms with Gasteiger partial charge in [-0.3, -0.25) is 0 Å². The van der Waals surface area contributed by atoms with Crippen molar-refractivity contribution in [3.8, 4) is 0 Å². The molecule has 27 heavy (non-hydrogen) atoms. The van der Waals surface area contributed by atoms with E-state index in [1.165, 1.54) is 51.4 Å². The summed E-state index contributed by atoms with van der Waals surface area (Å²) in [4.78, 5) is 0. The topological polar surface area (TPSA) is 40.5 Å². The van der Waals surface area contributed by atoms with E-state index in [1.54, 1.807) is 0 Å². The molecule has 0 aromatic carbocycles. The third kappa shape index (κ3) is 3.75. The maximum absolute atomic E-state index is 10.2. The Labute approximate surface area is 167 Å². The number of hydrogen-bond donors (Lipinski definition) is 2. The van der Waals surface area contributed by atoms with E-state index < -0.39 is 5.60 Å². The summed E-state index contributed by atoms with van der Waals surface area (Å²) in [5.41, 5.74) is 0.0238. The lowest BCUT2D eigenvalue weighted by Crippen LogP contribution is -2.49. The summed E-state index contributed by atoms with van der Waals surface area (Å²) in [5.74, 6) is 6.21. The van der Waals surface area contributed by atoms with Crippen molar-refractivity contribution < 1.29 is 10.2 Å². The van der Waals surface area contributed by atoms with Gasteiger partial charge in [0.2, 0.25) is 0 Å². The highest BCUT2D eigenvalue weighted by Gasteiger charge is 2.57. The Morgan fingerprint density at radius 2 is 1.70 bits per heavy atom. The molecule has 4 aliphatic rings. The highest BCUT2D eigenvalue weighted by molar-refractivity contribution is 5.06. The summed E-state index contributed by atoms with van der Waals surface area (Å²) < 4.78 is 0. The fourth-order valence-corrected chi connectivity index (χ4v) is 8.59. The first-order chi connectivity index (χ1) is 12.7. The van der Waals surface area contributed by atoms with Crippen LogP contribution in [-0.2, 0) is 0 Å². The first-order valence-corrected chi connectivity index (χ1v) is 12.1. The van der Waals surface area contributed by atoms with E-state index in [1.807, 2.05) is 13.8 Å². The Balaban J connectivity index is 1.45. The zero-order valence-electron chi connectivity index (χ0n) is 18.3. The SMILES string of the molecule is CC(CCC(C)(C)O)C1CCC2C3CCC4CC(O)CCC4C3CCC12C. The van der Waals surface area contributed by atoms with Crippen LogP contribution >= 0.6 is 0 Å². The highest BCUT2D eigenvalue weighted by Crippen LogP contribution is 2.65. The van der Waals surface area contributed by atoms with Gasteiger partial charge in [-0.1, -0.05) is 13.8 Å². The molecule has 0 heterocycles. The maximum Gasteiger partial charge on any atom is 0.0591 e. The summed E-state index contributed by atoms with van der Waals surface area (Å²) >= 11 is 0. The van der Waals surface area contributed by atoms with Crippen molar-refractivity contribution in [2.45, 2.75) is 110 Å². The van der Waals surface area contributed by atoms with Crippen molar-refractivity contribution in [3.63, 3.8) is 0 Å². The Bertz CT molecular complexity index is 523. The van der Waals surface area contributed by atoms with E-state index in [0.29, 0.717) is 5.41 Å². The van der Waals surface area contributed by atoms with Crippen molar-refractivity contribution in [2.24, 2.45) is 46.8 Å². The molecule has 4 fully saturated rings. The fourth-order valence-electron chi connectivity index (χ4n) is 8.59. The average molecular weight is 377 g/mol. The van der Waals surface area contributed by atoms with Crippen LogP contribution in [0.2, 0.25) is 0 Å². The molecule has 4 saturated carbocycles. The number of rotatable bonds is 4. The molecule has 0 amide bonds. The van der Waals surface area contributed by atoms with Crippen molar-refractivity contribution >= 4 is 0 Å². The molecule has 9 atom stereocenters. The lowest BCUT2D eigenvalue weighted by molar-refractivity contribution is -0.0828. The first-order valence-electron chi connectivity index (χ1n) is 12.1. The van der Waals surface area contributed by atoms with Gasteiger partial charge in [0.15, 0.2) is 0 Å². The molecule has 0 radical (unpaired) electrons. The molecule has 0 saturated heterocycles. The molecule has 2 heteroatoms. The average Bonchev–Trinajstić information content (AvgIpc) is 2.96. The molecule has 4 rings (SSSR count). The van der Waals surface area contributed by atoms with Crippen LogP contribution < -0.4 is 0 Å². The quantitative estimate of drug-likeness (QED) is 0.650. The Hall–Kier alpha value is -0.0800. The predicted molar refractivity (Wildman–Crippen MR) is 111 cm³/mol. The van der Waals surface area contributed by atoms with E-state index >= 15 is 0 Å². The first kappa shape index (κ1) is 20.2. The van der Waals surface area contributed by atoms with Gasteiger partial charge in [-0.2, -0.15) is 0 Å². The normalized spacial score (nSPS) is 48.4. The zero-order chi connectivity index (χ0) is 19.4. The molecule has 156 valence electrons. The van der Waals surface area contributed by atoms with Gasteiger partial charge in [0, 0.05) is 0 Å².